The summed E-state index contributed by atoms with van der Waals surface area (Å²) in [7, 11) is 2.57. The van der Waals surface area contributed by atoms with Gasteiger partial charge in [0, 0.05) is 22.7 Å². The zero-order chi connectivity index (χ0) is 22.9. The number of nitrogens with zero attached hydrogens (tertiary/aromatic N) is 2. The van der Waals surface area contributed by atoms with Crippen LogP contribution in [-0.4, -0.2) is 37.0 Å². The minimum absolute atomic E-state index is 0.0606. The monoisotopic (exact) mass is 445 g/mol. The molecule has 1 N–H and O–H groups in total. The van der Waals surface area contributed by atoms with Crippen LogP contribution >= 0.6 is 11.6 Å². The Labute approximate surface area is 181 Å². The van der Waals surface area contributed by atoms with Crippen LogP contribution < -0.4 is 19.7 Å². The number of benzene rings is 2. The van der Waals surface area contributed by atoms with Crippen LogP contribution in [0.3, 0.4) is 0 Å². The summed E-state index contributed by atoms with van der Waals surface area (Å²) in [5.41, 5.74) is 0.150. The quantitative estimate of drug-likeness (QED) is 0.324. The molecule has 0 saturated carbocycles. The Bertz CT molecular complexity index is 1160. The second-order valence-corrected chi connectivity index (χ2v) is 6.82. The van der Waals surface area contributed by atoms with Crippen molar-refractivity contribution in [2.75, 3.05) is 19.1 Å². The zero-order valence-electron chi connectivity index (χ0n) is 16.6. The number of hydrogen-bond acceptors (Lipinski definition) is 7. The zero-order valence-corrected chi connectivity index (χ0v) is 17.4. The maximum atomic E-state index is 13.0. The van der Waals surface area contributed by atoms with E-state index in [1.807, 2.05) is 0 Å². The third-order valence-corrected chi connectivity index (χ3v) is 4.95. The molecule has 0 unspecified atom stereocenters. The predicted octanol–water partition coefficient (Wildman–Crippen LogP) is 3.24. The number of urea groups is 1. The maximum absolute atomic E-state index is 13.0. The van der Waals surface area contributed by atoms with Crippen LogP contribution in [-0.2, 0) is 9.59 Å². The molecule has 1 aliphatic heterocycles. The SMILES string of the molecule is COc1cc(OC)c([N+](=O)[O-])cc1/C=C1/C(=O)NC(=O)N(c2ccc(C)c(Cl)c2)C1=O. The number of hydrogen-bond donors (Lipinski definition) is 1. The number of imide groups is 2. The van der Waals surface area contributed by atoms with Crippen molar-refractivity contribution in [2.24, 2.45) is 0 Å². The molecule has 3 rings (SSSR count). The molecule has 160 valence electrons. The Morgan fingerprint density at radius 3 is 2.35 bits per heavy atom. The molecule has 1 aliphatic rings. The third-order valence-electron chi connectivity index (χ3n) is 4.54. The number of nitrogens with one attached hydrogen (secondary N) is 1. The fraction of sp³-hybridized carbons (Fsp3) is 0.150. The second kappa shape index (κ2) is 8.44. The highest BCUT2D eigenvalue weighted by molar-refractivity contribution is 6.39. The van der Waals surface area contributed by atoms with Crippen molar-refractivity contribution in [2.45, 2.75) is 6.92 Å². The smallest absolute Gasteiger partial charge is 0.335 e. The van der Waals surface area contributed by atoms with Crippen molar-refractivity contribution in [1.29, 1.82) is 0 Å². The number of carbonyl (C=O) groups excluding carboxylic acids is 3. The highest BCUT2D eigenvalue weighted by atomic mass is 35.5. The number of anilines is 1. The van der Waals surface area contributed by atoms with Crippen molar-refractivity contribution in [1.82, 2.24) is 5.32 Å². The van der Waals surface area contributed by atoms with Crippen LogP contribution in [0.2, 0.25) is 5.02 Å². The first-order valence-electron chi connectivity index (χ1n) is 8.76. The van der Waals surface area contributed by atoms with Crippen LogP contribution in [0.25, 0.3) is 6.08 Å². The Morgan fingerprint density at radius 1 is 1.10 bits per heavy atom. The summed E-state index contributed by atoms with van der Waals surface area (Å²) in [6.07, 6.45) is 1.11. The number of rotatable bonds is 5. The van der Waals surface area contributed by atoms with E-state index >= 15 is 0 Å². The van der Waals surface area contributed by atoms with E-state index in [-0.39, 0.29) is 22.7 Å². The van der Waals surface area contributed by atoms with E-state index in [0.29, 0.717) is 5.02 Å². The summed E-state index contributed by atoms with van der Waals surface area (Å²) in [4.78, 5) is 49.2. The number of carbonyl (C=O) groups is 3. The fourth-order valence-corrected chi connectivity index (χ4v) is 3.10. The van der Waals surface area contributed by atoms with Gasteiger partial charge in [-0.3, -0.25) is 25.0 Å². The average Bonchev–Trinajstić information content (AvgIpc) is 2.72. The maximum Gasteiger partial charge on any atom is 0.335 e. The molecule has 10 nitrogen and oxygen atoms in total. The minimum atomic E-state index is -0.954. The summed E-state index contributed by atoms with van der Waals surface area (Å²) in [6, 6.07) is 5.96. The largest absolute Gasteiger partial charge is 0.496 e. The molecule has 0 radical (unpaired) electrons. The molecule has 2 aromatic rings. The number of amides is 4. The van der Waals surface area contributed by atoms with Gasteiger partial charge in [0.1, 0.15) is 11.3 Å². The molecule has 0 bridgehead atoms. The Kier molecular flexibility index (Phi) is 5.93. The molecule has 0 spiro atoms. The lowest BCUT2D eigenvalue weighted by Gasteiger charge is -2.26. The van der Waals surface area contributed by atoms with Crippen LogP contribution in [0, 0.1) is 17.0 Å². The van der Waals surface area contributed by atoms with Gasteiger partial charge in [-0.2, -0.15) is 0 Å². The van der Waals surface area contributed by atoms with Crippen molar-refractivity contribution >= 4 is 46.9 Å². The van der Waals surface area contributed by atoms with Gasteiger partial charge in [-0.05, 0) is 30.7 Å². The van der Waals surface area contributed by atoms with E-state index in [1.54, 1.807) is 13.0 Å². The molecule has 1 heterocycles. The van der Waals surface area contributed by atoms with Gasteiger partial charge in [0.2, 0.25) is 5.75 Å². The van der Waals surface area contributed by atoms with E-state index < -0.39 is 34.0 Å². The van der Waals surface area contributed by atoms with Crippen LogP contribution in [0.4, 0.5) is 16.2 Å². The molecule has 31 heavy (non-hydrogen) atoms. The molecule has 0 aliphatic carbocycles. The standard InChI is InChI=1S/C20H16ClN3O7/c1-10-4-5-12(8-14(10)21)23-19(26)13(18(25)22-20(23)27)6-11-7-15(24(28)29)17(31-3)9-16(11)30-2/h4-9H,1-3H3,(H,22,25,27)/b13-6-. The second-order valence-electron chi connectivity index (χ2n) is 6.41. The van der Waals surface area contributed by atoms with E-state index in [4.69, 9.17) is 21.1 Å². The Morgan fingerprint density at radius 2 is 1.77 bits per heavy atom. The highest BCUT2D eigenvalue weighted by Gasteiger charge is 2.37. The Hall–Kier alpha value is -3.92. The van der Waals surface area contributed by atoms with Crippen molar-refractivity contribution in [3.63, 3.8) is 0 Å². The van der Waals surface area contributed by atoms with E-state index in [1.165, 1.54) is 32.4 Å². The topological polar surface area (TPSA) is 128 Å². The Balaban J connectivity index is 2.13. The number of aryl methyl sites for hydroxylation is 1. The van der Waals surface area contributed by atoms with E-state index in [2.05, 4.69) is 5.32 Å². The number of ether oxygens (including phenoxy) is 2. The first kappa shape index (κ1) is 21.8. The molecular formula is C20H16ClN3O7. The number of methoxy groups -OCH3 is 2. The van der Waals surface area contributed by atoms with Crippen molar-refractivity contribution < 1.29 is 28.8 Å². The van der Waals surface area contributed by atoms with E-state index in [9.17, 15) is 24.5 Å². The molecule has 1 saturated heterocycles. The lowest BCUT2D eigenvalue weighted by molar-refractivity contribution is -0.385. The van der Waals surface area contributed by atoms with Gasteiger partial charge in [-0.15, -0.1) is 0 Å². The summed E-state index contributed by atoms with van der Waals surface area (Å²) in [5, 5.41) is 13.7. The number of barbiturate groups is 1. The highest BCUT2D eigenvalue weighted by Crippen LogP contribution is 2.36. The molecule has 1 fully saturated rings. The van der Waals surface area contributed by atoms with Gasteiger partial charge < -0.3 is 9.47 Å². The minimum Gasteiger partial charge on any atom is -0.496 e. The third kappa shape index (κ3) is 4.05. The lowest BCUT2D eigenvalue weighted by Crippen LogP contribution is -2.54. The van der Waals surface area contributed by atoms with Crippen LogP contribution in [0.5, 0.6) is 11.5 Å². The number of halogens is 1. The molecule has 0 atom stereocenters. The molecule has 4 amide bonds. The van der Waals surface area contributed by atoms with Gasteiger partial charge in [0.25, 0.3) is 11.8 Å². The molecule has 0 aromatic heterocycles. The van der Waals surface area contributed by atoms with Gasteiger partial charge in [0.15, 0.2) is 0 Å². The molecule has 11 heteroatoms. The van der Waals surface area contributed by atoms with Gasteiger partial charge in [-0.1, -0.05) is 17.7 Å². The number of nitro benzene ring substituents is 1. The summed E-state index contributed by atoms with van der Waals surface area (Å²) < 4.78 is 10.2. The van der Waals surface area contributed by atoms with E-state index in [0.717, 1.165) is 22.6 Å². The van der Waals surface area contributed by atoms with Gasteiger partial charge in [0.05, 0.1) is 24.8 Å². The van der Waals surface area contributed by atoms with Crippen LogP contribution in [0.1, 0.15) is 11.1 Å². The first-order chi connectivity index (χ1) is 14.7. The predicted molar refractivity (Wildman–Crippen MR) is 111 cm³/mol. The summed E-state index contributed by atoms with van der Waals surface area (Å²) in [6.45, 7) is 1.75. The molecule has 2 aromatic carbocycles. The van der Waals surface area contributed by atoms with Gasteiger partial charge >= 0.3 is 11.7 Å². The van der Waals surface area contributed by atoms with Crippen LogP contribution in [0.15, 0.2) is 35.9 Å². The van der Waals surface area contributed by atoms with Crippen molar-refractivity contribution in [3.8, 4) is 11.5 Å². The summed E-state index contributed by atoms with van der Waals surface area (Å²) >= 11 is 6.10. The van der Waals surface area contributed by atoms with Crippen molar-refractivity contribution in [3.05, 3.63) is 62.2 Å². The number of nitro groups is 1. The first-order valence-corrected chi connectivity index (χ1v) is 9.13. The summed E-state index contributed by atoms with van der Waals surface area (Å²) in [5.74, 6) is -1.81. The normalized spacial score (nSPS) is 15.2. The van der Waals surface area contributed by atoms with Gasteiger partial charge in [-0.25, -0.2) is 9.69 Å². The lowest BCUT2D eigenvalue weighted by atomic mass is 10.0. The average molecular weight is 446 g/mol. The molecular weight excluding hydrogens is 430 g/mol. The fourth-order valence-electron chi connectivity index (χ4n) is 2.93.